The summed E-state index contributed by atoms with van der Waals surface area (Å²) < 4.78 is 23.2. The largest absolute Gasteiger partial charge is 0.346 e. The van der Waals surface area contributed by atoms with Crippen molar-refractivity contribution in [3.8, 4) is 0 Å². The molecule has 1 atom stereocenters. The van der Waals surface area contributed by atoms with E-state index in [1.165, 1.54) is 17.9 Å². The second kappa shape index (κ2) is 8.74. The summed E-state index contributed by atoms with van der Waals surface area (Å²) in [6, 6.07) is 14.6. The van der Waals surface area contributed by atoms with E-state index in [9.17, 15) is 13.2 Å². The van der Waals surface area contributed by atoms with Gasteiger partial charge in [0.1, 0.15) is 0 Å². The van der Waals surface area contributed by atoms with Gasteiger partial charge in [0, 0.05) is 12.3 Å². The summed E-state index contributed by atoms with van der Waals surface area (Å²) in [4.78, 5) is 12.6. The topological polar surface area (TPSA) is 63.2 Å². The maximum atomic E-state index is 12.3. The fourth-order valence-electron chi connectivity index (χ4n) is 2.85. The number of carbonyl (C=O) groups excluding carboxylic acids is 1. The smallest absolute Gasteiger partial charge is 0.244 e. The fourth-order valence-corrected chi connectivity index (χ4v) is 3.48. The Balaban J connectivity index is 2.04. The third kappa shape index (κ3) is 6.06. The van der Waals surface area contributed by atoms with Gasteiger partial charge in [0.15, 0.2) is 9.84 Å². The highest BCUT2D eigenvalue weighted by Gasteiger charge is 2.14. The molecule has 1 amide bonds. The molecule has 0 saturated carbocycles. The standard InChI is InChI=1S/C23H29NO3S/c1-6-21(18-10-14-20(15-11-18)28(5,26)27)24-22(25)16-9-17-7-12-19(13-8-17)23(2,3)4/h7-16,21H,6H2,1-5H3,(H,24,25)/b16-9+/t21-/m1/s1. The zero-order chi connectivity index (χ0) is 20.9. The minimum Gasteiger partial charge on any atom is -0.346 e. The van der Waals surface area contributed by atoms with Crippen LogP contribution in [0.15, 0.2) is 59.5 Å². The molecular formula is C23H29NO3S. The van der Waals surface area contributed by atoms with E-state index in [-0.39, 0.29) is 22.3 Å². The maximum Gasteiger partial charge on any atom is 0.244 e. The predicted molar refractivity (Wildman–Crippen MR) is 115 cm³/mol. The Labute approximate surface area is 168 Å². The molecule has 4 nitrogen and oxygen atoms in total. The lowest BCUT2D eigenvalue weighted by Gasteiger charge is -2.18. The van der Waals surface area contributed by atoms with E-state index in [1.807, 2.05) is 19.1 Å². The van der Waals surface area contributed by atoms with Crippen LogP contribution in [0.1, 0.15) is 56.8 Å². The third-order valence-corrected chi connectivity index (χ3v) is 5.77. The van der Waals surface area contributed by atoms with Gasteiger partial charge in [-0.2, -0.15) is 0 Å². The molecule has 0 aliphatic carbocycles. The molecule has 5 heteroatoms. The fraction of sp³-hybridized carbons (Fsp3) is 0.348. The normalized spacial score (nSPS) is 13.5. The number of amides is 1. The lowest BCUT2D eigenvalue weighted by molar-refractivity contribution is -0.117. The molecule has 0 aliphatic rings. The lowest BCUT2D eigenvalue weighted by atomic mass is 9.87. The molecule has 0 radical (unpaired) electrons. The summed E-state index contributed by atoms with van der Waals surface area (Å²) in [5.41, 5.74) is 3.19. The highest BCUT2D eigenvalue weighted by molar-refractivity contribution is 7.90. The molecular weight excluding hydrogens is 370 g/mol. The van der Waals surface area contributed by atoms with Crippen molar-refractivity contribution in [2.45, 2.75) is 50.5 Å². The molecule has 1 N–H and O–H groups in total. The van der Waals surface area contributed by atoms with Gasteiger partial charge in [-0.25, -0.2) is 8.42 Å². The number of rotatable bonds is 6. The average molecular weight is 400 g/mol. The third-order valence-electron chi connectivity index (χ3n) is 4.64. The van der Waals surface area contributed by atoms with Crippen molar-refractivity contribution in [2.24, 2.45) is 0 Å². The SMILES string of the molecule is CC[C@@H](NC(=O)/C=C/c1ccc(C(C)(C)C)cc1)c1ccc(S(C)(=O)=O)cc1. The monoisotopic (exact) mass is 399 g/mol. The van der Waals surface area contributed by atoms with Gasteiger partial charge in [-0.3, -0.25) is 4.79 Å². The van der Waals surface area contributed by atoms with E-state index >= 15 is 0 Å². The van der Waals surface area contributed by atoms with Crippen LogP contribution in [0.25, 0.3) is 6.08 Å². The van der Waals surface area contributed by atoms with Crippen molar-refractivity contribution in [1.82, 2.24) is 5.32 Å². The zero-order valence-electron chi connectivity index (χ0n) is 17.2. The number of hydrogen-bond acceptors (Lipinski definition) is 3. The Kier molecular flexibility index (Phi) is 6.83. The Morgan fingerprint density at radius 1 is 1.04 bits per heavy atom. The van der Waals surface area contributed by atoms with E-state index < -0.39 is 9.84 Å². The van der Waals surface area contributed by atoms with Gasteiger partial charge in [-0.1, -0.05) is 64.1 Å². The molecule has 0 unspecified atom stereocenters. The summed E-state index contributed by atoms with van der Waals surface area (Å²) in [5, 5.41) is 2.97. The summed E-state index contributed by atoms with van der Waals surface area (Å²) in [6.45, 7) is 8.47. The molecule has 0 spiro atoms. The molecule has 0 aromatic heterocycles. The maximum absolute atomic E-state index is 12.3. The number of carbonyl (C=O) groups is 1. The van der Waals surface area contributed by atoms with E-state index in [1.54, 1.807) is 30.3 Å². The quantitative estimate of drug-likeness (QED) is 0.718. The van der Waals surface area contributed by atoms with Gasteiger partial charge in [0.2, 0.25) is 5.91 Å². The summed E-state index contributed by atoms with van der Waals surface area (Å²) >= 11 is 0. The minimum absolute atomic E-state index is 0.0978. The summed E-state index contributed by atoms with van der Waals surface area (Å²) in [5.74, 6) is -0.182. The molecule has 2 aromatic rings. The van der Waals surface area contributed by atoms with Crippen LogP contribution in [-0.4, -0.2) is 20.6 Å². The predicted octanol–water partition coefficient (Wildman–Crippen LogP) is 4.67. The second-order valence-corrected chi connectivity index (χ2v) is 10.0. The molecule has 0 heterocycles. The van der Waals surface area contributed by atoms with E-state index in [0.29, 0.717) is 6.42 Å². The van der Waals surface area contributed by atoms with Crippen LogP contribution in [0.3, 0.4) is 0 Å². The molecule has 0 aliphatic heterocycles. The average Bonchev–Trinajstić information content (AvgIpc) is 2.63. The summed E-state index contributed by atoms with van der Waals surface area (Å²) in [7, 11) is -3.23. The van der Waals surface area contributed by atoms with Crippen molar-refractivity contribution in [2.75, 3.05) is 6.26 Å². The van der Waals surface area contributed by atoms with Crippen molar-refractivity contribution in [3.05, 3.63) is 71.3 Å². The van der Waals surface area contributed by atoms with Crippen molar-refractivity contribution >= 4 is 21.8 Å². The zero-order valence-corrected chi connectivity index (χ0v) is 18.0. The van der Waals surface area contributed by atoms with Crippen molar-refractivity contribution in [1.29, 1.82) is 0 Å². The first-order valence-electron chi connectivity index (χ1n) is 9.40. The van der Waals surface area contributed by atoms with E-state index in [0.717, 1.165) is 11.1 Å². The van der Waals surface area contributed by atoms with Gasteiger partial charge in [0.05, 0.1) is 10.9 Å². The van der Waals surface area contributed by atoms with Gasteiger partial charge in [-0.05, 0) is 46.7 Å². The minimum atomic E-state index is -3.23. The molecule has 0 fully saturated rings. The first kappa shape index (κ1) is 21.9. The van der Waals surface area contributed by atoms with Gasteiger partial charge >= 0.3 is 0 Å². The van der Waals surface area contributed by atoms with Crippen molar-refractivity contribution < 1.29 is 13.2 Å². The highest BCUT2D eigenvalue weighted by atomic mass is 32.2. The van der Waals surface area contributed by atoms with Crippen LogP contribution in [0, 0.1) is 0 Å². The second-order valence-electron chi connectivity index (χ2n) is 8.02. The van der Waals surface area contributed by atoms with Gasteiger partial charge in [0.25, 0.3) is 0 Å². The Morgan fingerprint density at radius 3 is 2.07 bits per heavy atom. The number of hydrogen-bond donors (Lipinski definition) is 1. The van der Waals surface area contributed by atoms with Crippen LogP contribution < -0.4 is 5.32 Å². The molecule has 2 aromatic carbocycles. The molecule has 28 heavy (non-hydrogen) atoms. The van der Waals surface area contributed by atoms with Crippen LogP contribution in [0.2, 0.25) is 0 Å². The first-order valence-corrected chi connectivity index (χ1v) is 11.3. The van der Waals surface area contributed by atoms with Crippen molar-refractivity contribution in [3.63, 3.8) is 0 Å². The number of benzene rings is 2. The molecule has 0 bridgehead atoms. The lowest BCUT2D eigenvalue weighted by Crippen LogP contribution is -2.26. The Bertz CT molecular complexity index is 935. The Hall–Kier alpha value is -2.40. The van der Waals surface area contributed by atoms with E-state index in [4.69, 9.17) is 0 Å². The van der Waals surface area contributed by atoms with Crippen LogP contribution >= 0.6 is 0 Å². The number of nitrogens with one attached hydrogen (secondary N) is 1. The van der Waals surface area contributed by atoms with Gasteiger partial charge < -0.3 is 5.32 Å². The number of sulfone groups is 1. The molecule has 2 rings (SSSR count). The van der Waals surface area contributed by atoms with E-state index in [2.05, 4.69) is 38.2 Å². The molecule has 0 saturated heterocycles. The van der Waals surface area contributed by atoms with Crippen LogP contribution in [0.5, 0.6) is 0 Å². The molecule has 150 valence electrons. The highest BCUT2D eigenvalue weighted by Crippen LogP contribution is 2.22. The van der Waals surface area contributed by atoms with Crippen LogP contribution in [-0.2, 0) is 20.0 Å². The van der Waals surface area contributed by atoms with Crippen LogP contribution in [0.4, 0.5) is 0 Å². The van der Waals surface area contributed by atoms with Gasteiger partial charge in [-0.15, -0.1) is 0 Å². The summed E-state index contributed by atoms with van der Waals surface area (Å²) in [6.07, 6.45) is 5.21. The Morgan fingerprint density at radius 2 is 1.61 bits per heavy atom. The first-order chi connectivity index (χ1) is 13.0.